The first kappa shape index (κ1) is 21.7. The number of amides is 1. The van der Waals surface area contributed by atoms with Gasteiger partial charge in [0.15, 0.2) is 0 Å². The van der Waals surface area contributed by atoms with E-state index >= 15 is 0 Å². The normalized spacial score (nSPS) is 17.4. The Hall–Kier alpha value is -3.15. The van der Waals surface area contributed by atoms with Crippen LogP contribution < -0.4 is 4.90 Å². The van der Waals surface area contributed by atoms with Crippen LogP contribution in [0.1, 0.15) is 27.5 Å². The fourth-order valence-electron chi connectivity index (χ4n) is 4.89. The Balaban J connectivity index is 1.25. The van der Waals surface area contributed by atoms with Crippen molar-refractivity contribution in [3.8, 4) is 0 Å². The van der Waals surface area contributed by atoms with Gasteiger partial charge < -0.3 is 14.5 Å². The van der Waals surface area contributed by atoms with Gasteiger partial charge in [0.25, 0.3) is 5.91 Å². The van der Waals surface area contributed by atoms with Crippen molar-refractivity contribution < 1.29 is 9.53 Å². The molecule has 0 radical (unpaired) electrons. The van der Waals surface area contributed by atoms with E-state index in [0.29, 0.717) is 0 Å². The van der Waals surface area contributed by atoms with E-state index in [2.05, 4.69) is 82.6 Å². The summed E-state index contributed by atoms with van der Waals surface area (Å²) < 4.78 is 5.44. The third-order valence-electron chi connectivity index (χ3n) is 6.69. The summed E-state index contributed by atoms with van der Waals surface area (Å²) in [4.78, 5) is 20.0. The van der Waals surface area contributed by atoms with Gasteiger partial charge >= 0.3 is 0 Å². The molecule has 2 fully saturated rings. The van der Waals surface area contributed by atoms with Crippen LogP contribution in [0.25, 0.3) is 0 Å². The molecule has 2 aliphatic heterocycles. The van der Waals surface area contributed by atoms with Crippen molar-refractivity contribution >= 4 is 11.6 Å². The molecule has 0 unspecified atom stereocenters. The molecule has 0 saturated carbocycles. The zero-order chi connectivity index (χ0) is 22.5. The summed E-state index contributed by atoms with van der Waals surface area (Å²) in [5, 5.41) is 0. The summed E-state index contributed by atoms with van der Waals surface area (Å²) in [7, 11) is 0. The third-order valence-corrected chi connectivity index (χ3v) is 6.69. The van der Waals surface area contributed by atoms with Crippen molar-refractivity contribution in [2.24, 2.45) is 0 Å². The quantitative estimate of drug-likeness (QED) is 0.598. The number of ether oxygens (including phenoxy) is 1. The highest BCUT2D eigenvalue weighted by molar-refractivity contribution is 5.94. The minimum atomic E-state index is 0.124. The minimum Gasteiger partial charge on any atom is -0.378 e. The first-order valence-corrected chi connectivity index (χ1v) is 11.9. The molecule has 1 amide bonds. The number of nitrogens with zero attached hydrogens (tertiary/aromatic N) is 3. The second-order valence-corrected chi connectivity index (χ2v) is 8.70. The molecule has 0 atom stereocenters. The van der Waals surface area contributed by atoms with E-state index < -0.39 is 0 Å². The Kier molecular flexibility index (Phi) is 6.70. The molecule has 3 aromatic rings. The van der Waals surface area contributed by atoms with E-state index in [1.165, 1.54) is 11.1 Å². The zero-order valence-electron chi connectivity index (χ0n) is 19.0. The molecule has 0 N–H and O–H groups in total. The topological polar surface area (TPSA) is 36.0 Å². The van der Waals surface area contributed by atoms with Crippen LogP contribution >= 0.6 is 0 Å². The molecule has 0 spiro atoms. The van der Waals surface area contributed by atoms with Gasteiger partial charge in [0, 0.05) is 50.5 Å². The highest BCUT2D eigenvalue weighted by atomic mass is 16.5. The van der Waals surface area contributed by atoms with Gasteiger partial charge in [0.05, 0.1) is 19.3 Å². The molecule has 33 heavy (non-hydrogen) atoms. The summed E-state index contributed by atoms with van der Waals surface area (Å²) in [6.45, 7) is 6.51. The lowest BCUT2D eigenvalue weighted by atomic mass is 9.96. The van der Waals surface area contributed by atoms with Crippen LogP contribution in [0, 0.1) is 0 Å². The lowest BCUT2D eigenvalue weighted by molar-refractivity contribution is 0.0597. The van der Waals surface area contributed by atoms with Crippen LogP contribution in [0.5, 0.6) is 0 Å². The summed E-state index contributed by atoms with van der Waals surface area (Å²) in [5.74, 6) is 0.124. The maximum atomic E-state index is 13.2. The molecule has 2 aliphatic rings. The van der Waals surface area contributed by atoms with Gasteiger partial charge in [-0.15, -0.1) is 0 Å². The van der Waals surface area contributed by atoms with Crippen molar-refractivity contribution in [2.75, 3.05) is 57.4 Å². The van der Waals surface area contributed by atoms with Crippen LogP contribution in [0.4, 0.5) is 5.69 Å². The number of anilines is 1. The molecule has 0 bridgehead atoms. The van der Waals surface area contributed by atoms with Gasteiger partial charge in [0.1, 0.15) is 0 Å². The number of carbonyl (C=O) groups is 1. The molecular formula is C28H31N3O2. The molecular weight excluding hydrogens is 410 g/mol. The number of hydrogen-bond acceptors (Lipinski definition) is 4. The molecule has 0 aliphatic carbocycles. The van der Waals surface area contributed by atoms with Gasteiger partial charge in [0.2, 0.25) is 0 Å². The largest absolute Gasteiger partial charge is 0.378 e. The SMILES string of the molecule is O=C(c1ccc(N2CCOCC2)cc1)N1CCN(C(c2ccccc2)c2ccccc2)CC1. The Bertz CT molecular complexity index is 986. The molecule has 2 heterocycles. The summed E-state index contributed by atoms with van der Waals surface area (Å²) in [5.41, 5.74) is 4.51. The van der Waals surface area contributed by atoms with Crippen LogP contribution in [0.15, 0.2) is 84.9 Å². The second-order valence-electron chi connectivity index (χ2n) is 8.70. The fraction of sp³-hybridized carbons (Fsp3) is 0.321. The summed E-state index contributed by atoms with van der Waals surface area (Å²) in [6.07, 6.45) is 0. The van der Waals surface area contributed by atoms with Crippen LogP contribution in [0.3, 0.4) is 0 Å². The van der Waals surface area contributed by atoms with Gasteiger partial charge in [-0.25, -0.2) is 0 Å². The first-order valence-electron chi connectivity index (χ1n) is 11.9. The average Bonchev–Trinajstić information content (AvgIpc) is 2.91. The predicted molar refractivity (Wildman–Crippen MR) is 132 cm³/mol. The molecule has 5 heteroatoms. The van der Waals surface area contributed by atoms with Gasteiger partial charge in [-0.05, 0) is 35.4 Å². The number of rotatable bonds is 5. The van der Waals surface area contributed by atoms with E-state index in [1.807, 2.05) is 17.0 Å². The van der Waals surface area contributed by atoms with Crippen LogP contribution in [0.2, 0.25) is 0 Å². The monoisotopic (exact) mass is 441 g/mol. The summed E-state index contributed by atoms with van der Waals surface area (Å²) >= 11 is 0. The standard InChI is InChI=1S/C28H31N3O2/c32-28(25-11-13-26(14-12-25)29-19-21-33-22-20-29)31-17-15-30(16-18-31)27(23-7-3-1-4-8-23)24-9-5-2-6-10-24/h1-14,27H,15-22H2. The number of hydrogen-bond donors (Lipinski definition) is 0. The molecule has 5 rings (SSSR count). The van der Waals surface area contributed by atoms with E-state index in [9.17, 15) is 4.79 Å². The van der Waals surface area contributed by atoms with Crippen LogP contribution in [-0.4, -0.2) is 68.2 Å². The van der Waals surface area contributed by atoms with Crippen molar-refractivity contribution in [1.29, 1.82) is 0 Å². The molecule has 3 aromatic carbocycles. The third kappa shape index (κ3) is 4.95. The lowest BCUT2D eigenvalue weighted by Crippen LogP contribution is -2.49. The molecule has 170 valence electrons. The van der Waals surface area contributed by atoms with E-state index in [1.54, 1.807) is 0 Å². The van der Waals surface area contributed by atoms with E-state index in [4.69, 9.17) is 4.74 Å². The number of carbonyl (C=O) groups excluding carboxylic acids is 1. The smallest absolute Gasteiger partial charge is 0.253 e. The maximum Gasteiger partial charge on any atom is 0.253 e. The Morgan fingerprint density at radius 2 is 1.21 bits per heavy atom. The number of morpholine rings is 1. The average molecular weight is 442 g/mol. The molecule has 5 nitrogen and oxygen atoms in total. The molecule has 0 aromatic heterocycles. The fourth-order valence-corrected chi connectivity index (χ4v) is 4.89. The Morgan fingerprint density at radius 3 is 1.76 bits per heavy atom. The van der Waals surface area contributed by atoms with Gasteiger partial charge in [-0.3, -0.25) is 9.69 Å². The van der Waals surface area contributed by atoms with Crippen molar-refractivity contribution in [2.45, 2.75) is 6.04 Å². The lowest BCUT2D eigenvalue weighted by Gasteiger charge is -2.40. The molecule has 2 saturated heterocycles. The maximum absolute atomic E-state index is 13.2. The van der Waals surface area contributed by atoms with Gasteiger partial charge in [-0.1, -0.05) is 60.7 Å². The second kappa shape index (κ2) is 10.2. The highest BCUT2D eigenvalue weighted by Gasteiger charge is 2.28. The highest BCUT2D eigenvalue weighted by Crippen LogP contribution is 2.29. The minimum absolute atomic E-state index is 0.124. The summed E-state index contributed by atoms with van der Waals surface area (Å²) in [6, 6.07) is 29.6. The number of benzene rings is 3. The van der Waals surface area contributed by atoms with E-state index in [0.717, 1.165) is 63.7 Å². The number of piperazine rings is 1. The Morgan fingerprint density at radius 1 is 0.667 bits per heavy atom. The van der Waals surface area contributed by atoms with Crippen molar-refractivity contribution in [3.63, 3.8) is 0 Å². The zero-order valence-corrected chi connectivity index (χ0v) is 19.0. The van der Waals surface area contributed by atoms with Crippen LogP contribution in [-0.2, 0) is 4.74 Å². The van der Waals surface area contributed by atoms with Gasteiger partial charge in [-0.2, -0.15) is 0 Å². The van der Waals surface area contributed by atoms with Crippen molar-refractivity contribution in [1.82, 2.24) is 9.80 Å². The Labute approximate surface area is 196 Å². The van der Waals surface area contributed by atoms with E-state index in [-0.39, 0.29) is 11.9 Å². The first-order chi connectivity index (χ1) is 16.3. The predicted octanol–water partition coefficient (Wildman–Crippen LogP) is 4.07. The van der Waals surface area contributed by atoms with Crippen molar-refractivity contribution in [3.05, 3.63) is 102 Å².